The highest BCUT2D eigenvalue weighted by atomic mass is 16.5. The smallest absolute Gasteiger partial charge is 0.131 e. The van der Waals surface area contributed by atoms with E-state index in [0.717, 1.165) is 42.6 Å². The van der Waals surface area contributed by atoms with Gasteiger partial charge in [0.25, 0.3) is 0 Å². The molecular weight excluding hydrogens is 238 g/mol. The van der Waals surface area contributed by atoms with Crippen molar-refractivity contribution in [2.75, 3.05) is 13.7 Å². The van der Waals surface area contributed by atoms with Crippen molar-refractivity contribution in [2.24, 2.45) is 0 Å². The van der Waals surface area contributed by atoms with Gasteiger partial charge < -0.3 is 10.1 Å². The molecule has 0 bridgehead atoms. The number of nitrogens with zero attached hydrogens (tertiary/aromatic N) is 2. The van der Waals surface area contributed by atoms with Gasteiger partial charge >= 0.3 is 0 Å². The molecule has 1 unspecified atom stereocenters. The van der Waals surface area contributed by atoms with Crippen LogP contribution in [0.5, 0.6) is 0 Å². The predicted molar refractivity (Wildman–Crippen MR) is 76.4 cm³/mol. The summed E-state index contributed by atoms with van der Waals surface area (Å²) in [7, 11) is 1.72. The van der Waals surface area contributed by atoms with Gasteiger partial charge in [-0.25, -0.2) is 9.97 Å². The minimum Gasteiger partial charge on any atom is -0.381 e. The summed E-state index contributed by atoms with van der Waals surface area (Å²) < 4.78 is 5.27. The molecule has 4 heteroatoms. The van der Waals surface area contributed by atoms with Crippen LogP contribution in [0.25, 0.3) is 0 Å². The van der Waals surface area contributed by atoms with E-state index in [2.05, 4.69) is 29.1 Å². The molecule has 1 heterocycles. The van der Waals surface area contributed by atoms with Crippen LogP contribution in [0.3, 0.4) is 0 Å². The molecule has 0 saturated heterocycles. The molecule has 0 aliphatic heterocycles. The maximum Gasteiger partial charge on any atom is 0.131 e. The van der Waals surface area contributed by atoms with Crippen molar-refractivity contribution in [3.8, 4) is 0 Å². The van der Waals surface area contributed by atoms with Crippen LogP contribution in [0, 0.1) is 13.8 Å². The number of rotatable bonds is 7. The molecule has 0 aromatic carbocycles. The highest BCUT2D eigenvalue weighted by Crippen LogP contribution is 2.19. The third-order valence-corrected chi connectivity index (χ3v) is 3.72. The lowest BCUT2D eigenvalue weighted by molar-refractivity contribution is 0.117. The Morgan fingerprint density at radius 1 is 1.26 bits per heavy atom. The lowest BCUT2D eigenvalue weighted by Crippen LogP contribution is -2.21. The van der Waals surface area contributed by atoms with E-state index in [0.29, 0.717) is 0 Å². The Balaban J connectivity index is 1.98. The molecule has 106 valence electrons. The van der Waals surface area contributed by atoms with Gasteiger partial charge in [-0.3, -0.25) is 0 Å². The average molecular weight is 263 g/mol. The quantitative estimate of drug-likeness (QED) is 0.817. The molecule has 1 aliphatic rings. The Morgan fingerprint density at radius 2 is 1.89 bits per heavy atom. The van der Waals surface area contributed by atoms with E-state index in [1.807, 2.05) is 6.92 Å². The van der Waals surface area contributed by atoms with E-state index in [4.69, 9.17) is 4.74 Å². The second-order valence-electron chi connectivity index (χ2n) is 5.52. The van der Waals surface area contributed by atoms with Crippen LogP contribution in [0.1, 0.15) is 42.5 Å². The highest BCUT2D eigenvalue weighted by Gasteiger charge is 2.20. The summed E-state index contributed by atoms with van der Waals surface area (Å²) in [6.07, 6.45) is 4.64. The minimum atomic E-state index is 0.168. The SMILES string of the molecule is COC(C)Cc1nc(C)c(CCNC2CC2)c(C)n1. The standard InChI is InChI=1S/C15H25N3O/c1-10(19-4)9-15-17-11(2)14(12(3)18-15)7-8-16-13-5-6-13/h10,13,16H,5-9H2,1-4H3. The molecule has 1 saturated carbocycles. The maximum atomic E-state index is 5.27. The molecule has 1 aliphatic carbocycles. The number of ether oxygens (including phenoxy) is 1. The molecule has 1 aromatic rings. The molecule has 4 nitrogen and oxygen atoms in total. The lowest BCUT2D eigenvalue weighted by atomic mass is 10.1. The van der Waals surface area contributed by atoms with Gasteiger partial charge in [-0.2, -0.15) is 0 Å². The van der Waals surface area contributed by atoms with Crippen LogP contribution >= 0.6 is 0 Å². The van der Waals surface area contributed by atoms with Crippen LogP contribution in [0.2, 0.25) is 0 Å². The van der Waals surface area contributed by atoms with Gasteiger partial charge in [-0.1, -0.05) is 0 Å². The lowest BCUT2D eigenvalue weighted by Gasteiger charge is -2.13. The summed E-state index contributed by atoms with van der Waals surface area (Å²) in [4.78, 5) is 9.23. The average Bonchev–Trinajstić information content (AvgIpc) is 3.16. The summed E-state index contributed by atoms with van der Waals surface area (Å²) >= 11 is 0. The van der Waals surface area contributed by atoms with Gasteiger partial charge in [-0.15, -0.1) is 0 Å². The highest BCUT2D eigenvalue weighted by molar-refractivity contribution is 5.25. The maximum absolute atomic E-state index is 5.27. The van der Waals surface area contributed by atoms with E-state index in [1.54, 1.807) is 7.11 Å². The van der Waals surface area contributed by atoms with Gasteiger partial charge in [0.05, 0.1) is 6.10 Å². The van der Waals surface area contributed by atoms with Gasteiger partial charge in [0, 0.05) is 31.0 Å². The fourth-order valence-corrected chi connectivity index (χ4v) is 2.29. The third kappa shape index (κ3) is 4.25. The summed E-state index contributed by atoms with van der Waals surface area (Å²) in [5.74, 6) is 0.892. The van der Waals surface area contributed by atoms with E-state index >= 15 is 0 Å². The van der Waals surface area contributed by atoms with Crippen molar-refractivity contribution in [2.45, 2.75) is 58.6 Å². The summed E-state index contributed by atoms with van der Waals surface area (Å²) in [6.45, 7) is 7.25. The predicted octanol–water partition coefficient (Wildman–Crippen LogP) is 1.97. The van der Waals surface area contributed by atoms with Crippen LogP contribution in [0.4, 0.5) is 0 Å². The summed E-state index contributed by atoms with van der Waals surface area (Å²) in [5, 5.41) is 3.54. The van der Waals surface area contributed by atoms with Crippen molar-refractivity contribution in [3.05, 3.63) is 22.8 Å². The van der Waals surface area contributed by atoms with Crippen molar-refractivity contribution in [1.82, 2.24) is 15.3 Å². The molecule has 1 N–H and O–H groups in total. The Hall–Kier alpha value is -1.00. The number of aromatic nitrogens is 2. The van der Waals surface area contributed by atoms with Crippen LogP contribution < -0.4 is 5.32 Å². The Labute approximate surface area is 116 Å². The van der Waals surface area contributed by atoms with E-state index in [1.165, 1.54) is 18.4 Å². The Kier molecular flexibility index (Phi) is 4.88. The van der Waals surface area contributed by atoms with E-state index in [9.17, 15) is 0 Å². The van der Waals surface area contributed by atoms with Gasteiger partial charge in [0.1, 0.15) is 5.82 Å². The first kappa shape index (κ1) is 14.4. The molecule has 0 amide bonds. The normalized spacial score (nSPS) is 16.6. The number of nitrogens with one attached hydrogen (secondary N) is 1. The second kappa shape index (κ2) is 6.44. The fraction of sp³-hybridized carbons (Fsp3) is 0.733. The van der Waals surface area contributed by atoms with Gasteiger partial charge in [-0.05, 0) is 52.1 Å². The van der Waals surface area contributed by atoms with E-state index in [-0.39, 0.29) is 6.10 Å². The first-order valence-electron chi connectivity index (χ1n) is 7.19. The number of hydrogen-bond acceptors (Lipinski definition) is 4. The Morgan fingerprint density at radius 3 is 2.42 bits per heavy atom. The molecule has 1 aromatic heterocycles. The zero-order valence-electron chi connectivity index (χ0n) is 12.5. The zero-order valence-corrected chi connectivity index (χ0v) is 12.5. The van der Waals surface area contributed by atoms with Crippen LogP contribution in [-0.2, 0) is 17.6 Å². The van der Waals surface area contributed by atoms with Gasteiger partial charge in [0.2, 0.25) is 0 Å². The molecule has 19 heavy (non-hydrogen) atoms. The zero-order chi connectivity index (χ0) is 13.8. The monoisotopic (exact) mass is 263 g/mol. The molecule has 1 fully saturated rings. The molecule has 2 rings (SSSR count). The summed E-state index contributed by atoms with van der Waals surface area (Å²) in [5.41, 5.74) is 3.52. The van der Waals surface area contributed by atoms with Crippen LogP contribution in [-0.4, -0.2) is 35.8 Å². The van der Waals surface area contributed by atoms with Gasteiger partial charge in [0.15, 0.2) is 0 Å². The summed E-state index contributed by atoms with van der Waals surface area (Å²) in [6, 6.07) is 0.767. The van der Waals surface area contributed by atoms with Crippen molar-refractivity contribution in [3.63, 3.8) is 0 Å². The second-order valence-corrected chi connectivity index (χ2v) is 5.52. The third-order valence-electron chi connectivity index (χ3n) is 3.72. The van der Waals surface area contributed by atoms with Crippen molar-refractivity contribution >= 4 is 0 Å². The Bertz CT molecular complexity index is 406. The topological polar surface area (TPSA) is 47.0 Å². The van der Waals surface area contributed by atoms with E-state index < -0.39 is 0 Å². The first-order chi connectivity index (χ1) is 9.10. The largest absolute Gasteiger partial charge is 0.381 e. The molecular formula is C15H25N3O. The number of hydrogen-bond donors (Lipinski definition) is 1. The molecule has 1 atom stereocenters. The first-order valence-corrected chi connectivity index (χ1v) is 7.19. The molecule has 0 spiro atoms. The fourth-order valence-electron chi connectivity index (χ4n) is 2.29. The van der Waals surface area contributed by atoms with Crippen molar-refractivity contribution in [1.29, 1.82) is 0 Å². The number of methoxy groups -OCH3 is 1. The van der Waals surface area contributed by atoms with Crippen LogP contribution in [0.15, 0.2) is 0 Å². The minimum absolute atomic E-state index is 0.168. The number of aryl methyl sites for hydroxylation is 2. The molecule has 0 radical (unpaired) electrons. The van der Waals surface area contributed by atoms with Crippen molar-refractivity contribution < 1.29 is 4.74 Å².